The Bertz CT molecular complexity index is 1220. The Morgan fingerprint density at radius 3 is 2.71 bits per heavy atom. The van der Waals surface area contributed by atoms with Crippen LogP contribution in [0.3, 0.4) is 0 Å². The lowest BCUT2D eigenvalue weighted by molar-refractivity contribution is -0.139. The number of nitrogens with zero attached hydrogens (tertiary/aromatic N) is 4. The SMILES string of the molecule is C[C@H](c1ccc(Cl)cc1Cl)n1cnc2ccc(N3CCN(C(=O)[C@H]4CCCN4)C(C)(C)C3)cc21. The highest BCUT2D eigenvalue weighted by Gasteiger charge is 2.40. The predicted octanol–water partition coefficient (Wildman–Crippen LogP) is 5.13. The minimum Gasteiger partial charge on any atom is -0.367 e. The smallest absolute Gasteiger partial charge is 0.240 e. The van der Waals surface area contributed by atoms with Crippen molar-refractivity contribution in [2.75, 3.05) is 31.1 Å². The molecule has 6 nitrogen and oxygen atoms in total. The van der Waals surface area contributed by atoms with E-state index in [4.69, 9.17) is 23.2 Å². The molecule has 0 radical (unpaired) electrons. The van der Waals surface area contributed by atoms with E-state index in [-0.39, 0.29) is 23.5 Å². The van der Waals surface area contributed by atoms with Crippen LogP contribution in [0.4, 0.5) is 5.69 Å². The first-order valence-electron chi connectivity index (χ1n) is 12.0. The van der Waals surface area contributed by atoms with Crippen LogP contribution in [0.15, 0.2) is 42.7 Å². The summed E-state index contributed by atoms with van der Waals surface area (Å²) in [6.07, 6.45) is 3.88. The molecule has 1 N–H and O–H groups in total. The Morgan fingerprint density at radius 1 is 1.18 bits per heavy atom. The normalized spacial score (nSPS) is 21.3. The van der Waals surface area contributed by atoms with E-state index in [1.54, 1.807) is 6.07 Å². The molecule has 0 aliphatic carbocycles. The van der Waals surface area contributed by atoms with Gasteiger partial charge in [-0.1, -0.05) is 29.3 Å². The van der Waals surface area contributed by atoms with Gasteiger partial charge >= 0.3 is 0 Å². The molecule has 1 amide bonds. The molecule has 5 rings (SSSR count). The third kappa shape index (κ3) is 4.28. The van der Waals surface area contributed by atoms with Crippen molar-refractivity contribution in [1.29, 1.82) is 0 Å². The van der Waals surface area contributed by atoms with E-state index in [0.717, 1.165) is 61.3 Å². The summed E-state index contributed by atoms with van der Waals surface area (Å²) in [6.45, 7) is 9.69. The maximum Gasteiger partial charge on any atom is 0.240 e. The molecule has 2 aliphatic heterocycles. The van der Waals surface area contributed by atoms with Gasteiger partial charge in [-0.15, -0.1) is 0 Å². The summed E-state index contributed by atoms with van der Waals surface area (Å²) in [7, 11) is 0. The molecule has 34 heavy (non-hydrogen) atoms. The largest absolute Gasteiger partial charge is 0.367 e. The van der Waals surface area contributed by atoms with E-state index in [0.29, 0.717) is 10.0 Å². The van der Waals surface area contributed by atoms with Gasteiger partial charge in [0.05, 0.1) is 35.0 Å². The fraction of sp³-hybridized carbons (Fsp3) is 0.462. The van der Waals surface area contributed by atoms with Crippen LogP contribution >= 0.6 is 23.2 Å². The zero-order valence-corrected chi connectivity index (χ0v) is 21.4. The summed E-state index contributed by atoms with van der Waals surface area (Å²) in [5, 5.41) is 4.64. The molecule has 180 valence electrons. The summed E-state index contributed by atoms with van der Waals surface area (Å²) < 4.78 is 2.16. The number of carbonyl (C=O) groups is 1. The highest BCUT2D eigenvalue weighted by Crippen LogP contribution is 2.33. The van der Waals surface area contributed by atoms with Crippen molar-refractivity contribution in [3.8, 4) is 0 Å². The second kappa shape index (κ2) is 9.06. The number of aromatic nitrogens is 2. The van der Waals surface area contributed by atoms with Gasteiger partial charge in [0.15, 0.2) is 0 Å². The fourth-order valence-corrected chi connectivity index (χ4v) is 5.94. The molecule has 1 aromatic heterocycles. The second-order valence-corrected chi connectivity index (χ2v) is 10.9. The van der Waals surface area contributed by atoms with Gasteiger partial charge in [-0.25, -0.2) is 4.98 Å². The van der Waals surface area contributed by atoms with Crippen LogP contribution in [-0.4, -0.2) is 58.1 Å². The number of hydrogen-bond donors (Lipinski definition) is 1. The molecule has 2 atom stereocenters. The number of nitrogens with one attached hydrogen (secondary N) is 1. The molecular formula is C26H31Cl2N5O. The maximum atomic E-state index is 13.1. The first-order chi connectivity index (χ1) is 16.2. The van der Waals surface area contributed by atoms with E-state index in [2.05, 4.69) is 63.6 Å². The van der Waals surface area contributed by atoms with Gasteiger partial charge in [-0.2, -0.15) is 0 Å². The molecule has 3 aromatic rings. The van der Waals surface area contributed by atoms with Crippen molar-refractivity contribution in [3.05, 3.63) is 58.3 Å². The topological polar surface area (TPSA) is 53.4 Å². The number of benzene rings is 2. The summed E-state index contributed by atoms with van der Waals surface area (Å²) in [4.78, 5) is 22.2. The molecule has 0 bridgehead atoms. The molecule has 3 heterocycles. The molecule has 0 saturated carbocycles. The number of rotatable bonds is 4. The summed E-state index contributed by atoms with van der Waals surface area (Å²) in [5.74, 6) is 0.240. The second-order valence-electron chi connectivity index (χ2n) is 10.0. The van der Waals surface area contributed by atoms with E-state index < -0.39 is 0 Å². The number of hydrogen-bond acceptors (Lipinski definition) is 4. The highest BCUT2D eigenvalue weighted by atomic mass is 35.5. The lowest BCUT2D eigenvalue weighted by Crippen LogP contribution is -2.63. The van der Waals surface area contributed by atoms with Crippen LogP contribution in [0, 0.1) is 0 Å². The van der Waals surface area contributed by atoms with Gasteiger partial charge in [-0.3, -0.25) is 4.79 Å². The number of anilines is 1. The maximum absolute atomic E-state index is 13.1. The van der Waals surface area contributed by atoms with Crippen molar-refractivity contribution in [3.63, 3.8) is 0 Å². The van der Waals surface area contributed by atoms with Gasteiger partial charge in [0, 0.05) is 35.4 Å². The fourth-order valence-electron chi connectivity index (χ4n) is 5.38. The number of amides is 1. The molecule has 2 saturated heterocycles. The average Bonchev–Trinajstić information content (AvgIpc) is 3.47. The van der Waals surface area contributed by atoms with Crippen LogP contribution in [0.1, 0.15) is 45.2 Å². The third-order valence-electron chi connectivity index (χ3n) is 7.28. The van der Waals surface area contributed by atoms with Crippen molar-refractivity contribution >= 4 is 45.8 Å². The van der Waals surface area contributed by atoms with Gasteiger partial charge in [-0.05, 0) is 76.1 Å². The monoisotopic (exact) mass is 499 g/mol. The zero-order chi connectivity index (χ0) is 24.0. The summed E-state index contributed by atoms with van der Waals surface area (Å²) >= 11 is 12.6. The Hall–Kier alpha value is -2.28. The van der Waals surface area contributed by atoms with E-state index in [9.17, 15) is 4.79 Å². The highest BCUT2D eigenvalue weighted by molar-refractivity contribution is 6.35. The Balaban J connectivity index is 1.40. The van der Waals surface area contributed by atoms with Gasteiger partial charge in [0.25, 0.3) is 0 Å². The summed E-state index contributed by atoms with van der Waals surface area (Å²) in [5.41, 5.74) is 3.90. The van der Waals surface area contributed by atoms with Gasteiger partial charge in [0.2, 0.25) is 5.91 Å². The Morgan fingerprint density at radius 2 is 2.00 bits per heavy atom. The first kappa shape index (κ1) is 23.5. The quantitative estimate of drug-likeness (QED) is 0.540. The van der Waals surface area contributed by atoms with Crippen LogP contribution in [0.25, 0.3) is 11.0 Å². The minimum absolute atomic E-state index is 0.00911. The number of piperazine rings is 1. The van der Waals surface area contributed by atoms with Crippen molar-refractivity contribution in [2.45, 2.75) is 51.2 Å². The number of imidazole rings is 1. The van der Waals surface area contributed by atoms with E-state index in [1.807, 2.05) is 18.5 Å². The average molecular weight is 500 g/mol. The predicted molar refractivity (Wildman–Crippen MR) is 139 cm³/mol. The number of halogens is 2. The standard InChI is InChI=1S/C26H31Cl2N5O/c1-17(20-8-6-18(27)13-21(20)28)32-16-30-22-9-7-19(14-24(22)32)31-11-12-33(26(2,3)15-31)25(34)23-5-4-10-29-23/h6-9,13-14,16-17,23,29H,4-5,10-12,15H2,1-3H3/t17-,23-/m1/s1. The zero-order valence-electron chi connectivity index (χ0n) is 19.9. The van der Waals surface area contributed by atoms with Crippen molar-refractivity contribution in [2.24, 2.45) is 0 Å². The molecule has 8 heteroatoms. The number of fused-ring (bicyclic) bond motifs is 1. The van der Waals surface area contributed by atoms with Crippen molar-refractivity contribution in [1.82, 2.24) is 19.8 Å². The van der Waals surface area contributed by atoms with Gasteiger partial charge in [0.1, 0.15) is 0 Å². The first-order valence-corrected chi connectivity index (χ1v) is 12.7. The third-order valence-corrected chi connectivity index (χ3v) is 7.84. The Kier molecular flexibility index (Phi) is 6.25. The van der Waals surface area contributed by atoms with Crippen LogP contribution in [-0.2, 0) is 4.79 Å². The van der Waals surface area contributed by atoms with Crippen LogP contribution < -0.4 is 10.2 Å². The van der Waals surface area contributed by atoms with Crippen LogP contribution in [0.5, 0.6) is 0 Å². The van der Waals surface area contributed by atoms with Crippen LogP contribution in [0.2, 0.25) is 10.0 Å². The molecule has 2 fully saturated rings. The molecule has 2 aliphatic rings. The summed E-state index contributed by atoms with van der Waals surface area (Å²) in [6, 6.07) is 12.0. The number of carbonyl (C=O) groups excluding carboxylic acids is 1. The van der Waals surface area contributed by atoms with Gasteiger partial charge < -0.3 is 19.7 Å². The molecule has 0 spiro atoms. The van der Waals surface area contributed by atoms with E-state index >= 15 is 0 Å². The lowest BCUT2D eigenvalue weighted by atomic mass is 9.96. The Labute approximate surface area is 210 Å². The minimum atomic E-state index is -0.251. The molecule has 2 aromatic carbocycles. The molecular weight excluding hydrogens is 469 g/mol. The van der Waals surface area contributed by atoms with E-state index in [1.165, 1.54) is 0 Å². The van der Waals surface area contributed by atoms with Crippen molar-refractivity contribution < 1.29 is 4.79 Å². The molecule has 0 unspecified atom stereocenters. The lowest BCUT2D eigenvalue weighted by Gasteiger charge is -2.48.